The molecule has 0 fully saturated rings. The molecule has 2 heteroatoms. The molecule has 0 radical (unpaired) electrons. The first-order valence-corrected chi connectivity index (χ1v) is 3.28. The van der Waals surface area contributed by atoms with Crippen molar-refractivity contribution in [3.8, 4) is 12.3 Å². The predicted octanol–water partition coefficient (Wildman–Crippen LogP) is 1.01. The minimum atomic E-state index is 0.198. The molecule has 0 aromatic heterocycles. The Kier molecular flexibility index (Phi) is 5.80. The van der Waals surface area contributed by atoms with Gasteiger partial charge < -0.3 is 9.53 Å². The summed E-state index contributed by atoms with van der Waals surface area (Å²) < 4.78 is 4.94. The second kappa shape index (κ2) is 6.31. The number of hydrogen-bond donors (Lipinski definition) is 0. The standard InChI is InChI=1S/C8H12O2/c1-3-6-10-7-4-5-8(2)9/h1H,4-7H2,2H3. The molecule has 0 aliphatic heterocycles. The molecule has 0 amide bonds. The molecule has 10 heavy (non-hydrogen) atoms. The number of rotatable bonds is 5. The van der Waals surface area contributed by atoms with Gasteiger partial charge in [0.15, 0.2) is 0 Å². The maximum absolute atomic E-state index is 10.4. The second-order valence-corrected chi connectivity index (χ2v) is 2.06. The second-order valence-electron chi connectivity index (χ2n) is 2.06. The lowest BCUT2D eigenvalue weighted by Gasteiger charge is -1.96. The van der Waals surface area contributed by atoms with E-state index in [1.54, 1.807) is 6.92 Å². The van der Waals surface area contributed by atoms with Gasteiger partial charge in [-0.1, -0.05) is 5.92 Å². The minimum absolute atomic E-state index is 0.198. The average Bonchev–Trinajstić information content (AvgIpc) is 1.87. The van der Waals surface area contributed by atoms with Gasteiger partial charge in [-0.15, -0.1) is 6.42 Å². The number of Topliss-reactive ketones (excluding diaryl/α,β-unsaturated/α-hetero) is 1. The normalized spacial score (nSPS) is 8.80. The molecule has 0 aliphatic rings. The Labute approximate surface area is 61.6 Å². The first-order chi connectivity index (χ1) is 4.77. The molecule has 0 unspecified atom stereocenters. The van der Waals surface area contributed by atoms with Crippen LogP contribution < -0.4 is 0 Å². The Morgan fingerprint density at radius 3 is 2.90 bits per heavy atom. The van der Waals surface area contributed by atoms with Crippen molar-refractivity contribution in [2.75, 3.05) is 13.2 Å². The van der Waals surface area contributed by atoms with Gasteiger partial charge in [-0.05, 0) is 13.3 Å². The van der Waals surface area contributed by atoms with Crippen molar-refractivity contribution in [2.24, 2.45) is 0 Å². The Hall–Kier alpha value is -0.810. The minimum Gasteiger partial charge on any atom is -0.369 e. The zero-order chi connectivity index (χ0) is 7.82. The molecule has 0 aliphatic carbocycles. The van der Waals surface area contributed by atoms with Gasteiger partial charge in [-0.3, -0.25) is 0 Å². The van der Waals surface area contributed by atoms with Gasteiger partial charge >= 0.3 is 0 Å². The lowest BCUT2D eigenvalue weighted by Crippen LogP contribution is -1.97. The van der Waals surface area contributed by atoms with Crippen molar-refractivity contribution < 1.29 is 9.53 Å². The van der Waals surface area contributed by atoms with Crippen molar-refractivity contribution in [2.45, 2.75) is 19.8 Å². The summed E-state index contributed by atoms with van der Waals surface area (Å²) >= 11 is 0. The van der Waals surface area contributed by atoms with Gasteiger partial charge in [0.1, 0.15) is 12.4 Å². The summed E-state index contributed by atoms with van der Waals surface area (Å²) in [6.07, 6.45) is 6.29. The van der Waals surface area contributed by atoms with E-state index in [2.05, 4.69) is 5.92 Å². The summed E-state index contributed by atoms with van der Waals surface area (Å²) in [5.74, 6) is 2.55. The average molecular weight is 140 g/mol. The van der Waals surface area contributed by atoms with E-state index in [-0.39, 0.29) is 5.78 Å². The van der Waals surface area contributed by atoms with Gasteiger partial charge in [0, 0.05) is 13.0 Å². The predicted molar refractivity (Wildman–Crippen MR) is 39.6 cm³/mol. The van der Waals surface area contributed by atoms with Crippen molar-refractivity contribution >= 4 is 5.78 Å². The van der Waals surface area contributed by atoms with Crippen LogP contribution in [0.4, 0.5) is 0 Å². The van der Waals surface area contributed by atoms with E-state index in [4.69, 9.17) is 11.2 Å². The number of hydrogen-bond acceptors (Lipinski definition) is 2. The van der Waals surface area contributed by atoms with Crippen LogP contribution in [0.3, 0.4) is 0 Å². The van der Waals surface area contributed by atoms with Crippen LogP contribution >= 0.6 is 0 Å². The lowest BCUT2D eigenvalue weighted by molar-refractivity contribution is -0.117. The zero-order valence-corrected chi connectivity index (χ0v) is 6.22. The number of terminal acetylenes is 1. The van der Waals surface area contributed by atoms with Crippen LogP contribution in [-0.4, -0.2) is 19.0 Å². The van der Waals surface area contributed by atoms with E-state index in [1.807, 2.05) is 0 Å². The maximum Gasteiger partial charge on any atom is 0.129 e. The molecule has 0 aromatic rings. The van der Waals surface area contributed by atoms with E-state index in [1.165, 1.54) is 0 Å². The molecule has 0 bridgehead atoms. The summed E-state index contributed by atoms with van der Waals surface area (Å²) in [7, 11) is 0. The number of ether oxygens (including phenoxy) is 1. The fourth-order valence-electron chi connectivity index (χ4n) is 0.554. The largest absolute Gasteiger partial charge is 0.369 e. The molecule has 0 spiro atoms. The van der Waals surface area contributed by atoms with Crippen LogP contribution in [0.2, 0.25) is 0 Å². The molecule has 0 saturated carbocycles. The van der Waals surface area contributed by atoms with Gasteiger partial charge in [-0.2, -0.15) is 0 Å². The van der Waals surface area contributed by atoms with E-state index >= 15 is 0 Å². The van der Waals surface area contributed by atoms with Crippen LogP contribution in [0.1, 0.15) is 19.8 Å². The van der Waals surface area contributed by atoms with Gasteiger partial charge in [0.25, 0.3) is 0 Å². The van der Waals surface area contributed by atoms with Crippen molar-refractivity contribution in [1.82, 2.24) is 0 Å². The summed E-state index contributed by atoms with van der Waals surface area (Å²) in [6.45, 7) is 2.50. The maximum atomic E-state index is 10.4. The zero-order valence-electron chi connectivity index (χ0n) is 6.22. The number of carbonyl (C=O) groups excluding carboxylic acids is 1. The van der Waals surface area contributed by atoms with E-state index < -0.39 is 0 Å². The monoisotopic (exact) mass is 140 g/mol. The summed E-state index contributed by atoms with van der Waals surface area (Å²) in [6, 6.07) is 0. The molecule has 0 heterocycles. The number of carbonyl (C=O) groups is 1. The molecule has 2 nitrogen and oxygen atoms in total. The molecule has 0 atom stereocenters. The van der Waals surface area contributed by atoms with Gasteiger partial charge in [-0.25, -0.2) is 0 Å². The smallest absolute Gasteiger partial charge is 0.129 e. The molecule has 0 rings (SSSR count). The highest BCUT2D eigenvalue weighted by Crippen LogP contribution is 1.90. The fourth-order valence-corrected chi connectivity index (χ4v) is 0.554. The molecule has 56 valence electrons. The molecular weight excluding hydrogens is 128 g/mol. The highest BCUT2D eigenvalue weighted by molar-refractivity contribution is 5.75. The van der Waals surface area contributed by atoms with Crippen LogP contribution in [-0.2, 0) is 9.53 Å². The first kappa shape index (κ1) is 9.19. The highest BCUT2D eigenvalue weighted by atomic mass is 16.5. The van der Waals surface area contributed by atoms with Crippen molar-refractivity contribution in [1.29, 1.82) is 0 Å². The van der Waals surface area contributed by atoms with E-state index in [9.17, 15) is 4.79 Å². The van der Waals surface area contributed by atoms with E-state index in [0.29, 0.717) is 19.6 Å². The lowest BCUT2D eigenvalue weighted by atomic mass is 10.2. The third kappa shape index (κ3) is 7.19. The van der Waals surface area contributed by atoms with Gasteiger partial charge in [0.2, 0.25) is 0 Å². The van der Waals surface area contributed by atoms with Crippen LogP contribution in [0.25, 0.3) is 0 Å². The van der Waals surface area contributed by atoms with Crippen LogP contribution in [0, 0.1) is 12.3 Å². The van der Waals surface area contributed by atoms with Crippen molar-refractivity contribution in [3.63, 3.8) is 0 Å². The van der Waals surface area contributed by atoms with Crippen LogP contribution in [0.15, 0.2) is 0 Å². The molecular formula is C8H12O2. The number of ketones is 1. The third-order valence-corrected chi connectivity index (χ3v) is 1.00. The SMILES string of the molecule is C#CCOCCCC(C)=O. The molecule has 0 saturated heterocycles. The van der Waals surface area contributed by atoms with E-state index in [0.717, 1.165) is 6.42 Å². The van der Waals surface area contributed by atoms with Gasteiger partial charge in [0.05, 0.1) is 0 Å². The Bertz CT molecular complexity index is 133. The molecule has 0 N–H and O–H groups in total. The summed E-state index contributed by atoms with van der Waals surface area (Å²) in [4.78, 5) is 10.4. The summed E-state index contributed by atoms with van der Waals surface area (Å²) in [5, 5.41) is 0. The topological polar surface area (TPSA) is 26.3 Å². The Balaban J connectivity index is 2.92. The third-order valence-electron chi connectivity index (χ3n) is 1.00. The molecule has 0 aromatic carbocycles. The summed E-state index contributed by atoms with van der Waals surface area (Å²) in [5.41, 5.74) is 0. The highest BCUT2D eigenvalue weighted by Gasteiger charge is 1.91. The fraction of sp³-hybridized carbons (Fsp3) is 0.625. The Morgan fingerprint density at radius 1 is 1.70 bits per heavy atom. The first-order valence-electron chi connectivity index (χ1n) is 3.28. The Morgan fingerprint density at radius 2 is 2.40 bits per heavy atom. The van der Waals surface area contributed by atoms with Crippen molar-refractivity contribution in [3.05, 3.63) is 0 Å². The quantitative estimate of drug-likeness (QED) is 0.420. The van der Waals surface area contributed by atoms with Crippen LogP contribution in [0.5, 0.6) is 0 Å².